The molecule has 0 spiro atoms. The summed E-state index contributed by atoms with van der Waals surface area (Å²) in [6.07, 6.45) is 3.15. The molecule has 2 rings (SSSR count). The van der Waals surface area contributed by atoms with E-state index in [1.165, 1.54) is 0 Å². The molecule has 0 saturated carbocycles. The van der Waals surface area contributed by atoms with Gasteiger partial charge in [0.05, 0.1) is 6.10 Å². The molecule has 6 heteroatoms. The van der Waals surface area contributed by atoms with Gasteiger partial charge in [0.1, 0.15) is 11.4 Å². The van der Waals surface area contributed by atoms with Gasteiger partial charge in [-0.15, -0.1) is 0 Å². The fourth-order valence-electron chi connectivity index (χ4n) is 1.54. The highest BCUT2D eigenvalue weighted by Crippen LogP contribution is 2.23. The largest absolute Gasteiger partial charge is 0.473 e. The van der Waals surface area contributed by atoms with Gasteiger partial charge in [0.15, 0.2) is 0 Å². The first-order valence-corrected chi connectivity index (χ1v) is 6.90. The van der Waals surface area contributed by atoms with Crippen LogP contribution in [0.4, 0.5) is 5.69 Å². The van der Waals surface area contributed by atoms with Crippen molar-refractivity contribution in [3.8, 4) is 5.88 Å². The molecule has 0 unspecified atom stereocenters. The summed E-state index contributed by atoms with van der Waals surface area (Å²) in [5.74, 6) is 0.0713. The van der Waals surface area contributed by atoms with Crippen LogP contribution in [0.3, 0.4) is 0 Å². The van der Waals surface area contributed by atoms with Gasteiger partial charge >= 0.3 is 0 Å². The van der Waals surface area contributed by atoms with E-state index in [1.807, 2.05) is 13.8 Å². The van der Waals surface area contributed by atoms with Gasteiger partial charge in [-0.1, -0.05) is 0 Å². The molecule has 20 heavy (non-hydrogen) atoms. The summed E-state index contributed by atoms with van der Waals surface area (Å²) in [5, 5.41) is 2.75. The minimum Gasteiger partial charge on any atom is -0.473 e. The Balaban J connectivity index is 2.22. The Morgan fingerprint density at radius 3 is 2.65 bits per heavy atom. The van der Waals surface area contributed by atoms with Crippen LogP contribution in [-0.2, 0) is 0 Å². The van der Waals surface area contributed by atoms with Gasteiger partial charge in [-0.05, 0) is 54.0 Å². The second kappa shape index (κ2) is 6.47. The fourth-order valence-corrected chi connectivity index (χ4v) is 1.97. The molecular weight excluding hydrogens is 322 g/mol. The number of nitrogens with one attached hydrogen (secondary N) is 1. The minimum atomic E-state index is -0.320. The van der Waals surface area contributed by atoms with Crippen molar-refractivity contribution in [3.05, 3.63) is 46.8 Å². The van der Waals surface area contributed by atoms with Crippen molar-refractivity contribution in [1.29, 1.82) is 0 Å². The number of carbonyl (C=O) groups is 1. The van der Waals surface area contributed by atoms with Gasteiger partial charge < -0.3 is 10.1 Å². The van der Waals surface area contributed by atoms with Gasteiger partial charge in [0.25, 0.3) is 5.91 Å². The van der Waals surface area contributed by atoms with E-state index in [-0.39, 0.29) is 12.0 Å². The first kappa shape index (κ1) is 14.5. The molecule has 1 amide bonds. The monoisotopic (exact) mass is 335 g/mol. The Morgan fingerprint density at radius 1 is 1.25 bits per heavy atom. The van der Waals surface area contributed by atoms with Crippen LogP contribution in [0.1, 0.15) is 24.3 Å². The number of ether oxygens (including phenoxy) is 1. The molecule has 0 aliphatic rings. The number of anilines is 1. The van der Waals surface area contributed by atoms with Crippen LogP contribution in [0.25, 0.3) is 0 Å². The summed E-state index contributed by atoms with van der Waals surface area (Å²) in [4.78, 5) is 20.3. The SMILES string of the molecule is CC(C)Oc1ncccc1NC(=O)c1ncccc1Br. The Morgan fingerprint density at radius 2 is 1.95 bits per heavy atom. The lowest BCUT2D eigenvalue weighted by atomic mass is 10.3. The quantitative estimate of drug-likeness (QED) is 0.931. The van der Waals surface area contributed by atoms with E-state index in [1.54, 1.807) is 36.7 Å². The highest BCUT2D eigenvalue weighted by Gasteiger charge is 2.14. The van der Waals surface area contributed by atoms with E-state index in [0.29, 0.717) is 21.7 Å². The number of rotatable bonds is 4. The van der Waals surface area contributed by atoms with Crippen molar-refractivity contribution in [2.75, 3.05) is 5.32 Å². The predicted octanol–water partition coefficient (Wildman–Crippen LogP) is 3.28. The molecule has 0 aliphatic carbocycles. The van der Waals surface area contributed by atoms with Crippen molar-refractivity contribution >= 4 is 27.5 Å². The van der Waals surface area contributed by atoms with E-state index in [9.17, 15) is 4.79 Å². The first-order chi connectivity index (χ1) is 9.58. The van der Waals surface area contributed by atoms with Crippen LogP contribution >= 0.6 is 15.9 Å². The van der Waals surface area contributed by atoms with Gasteiger partial charge in [-0.2, -0.15) is 0 Å². The highest BCUT2D eigenvalue weighted by atomic mass is 79.9. The number of carbonyl (C=O) groups excluding carboxylic acids is 1. The number of halogens is 1. The summed E-state index contributed by atoms with van der Waals surface area (Å²) in [5.41, 5.74) is 0.829. The van der Waals surface area contributed by atoms with Crippen LogP contribution < -0.4 is 10.1 Å². The lowest BCUT2D eigenvalue weighted by Gasteiger charge is -2.13. The molecule has 2 heterocycles. The lowest BCUT2D eigenvalue weighted by molar-refractivity contribution is 0.102. The molecule has 0 saturated heterocycles. The Hall–Kier alpha value is -1.95. The lowest BCUT2D eigenvalue weighted by Crippen LogP contribution is -2.16. The Kier molecular flexibility index (Phi) is 4.68. The summed E-state index contributed by atoms with van der Waals surface area (Å²) < 4.78 is 6.19. The molecular formula is C14H14BrN3O2. The standard InChI is InChI=1S/C14H14BrN3O2/c1-9(2)20-14-11(6-4-8-17-14)18-13(19)12-10(15)5-3-7-16-12/h3-9H,1-2H3,(H,18,19). The Labute approximate surface area is 125 Å². The van der Waals surface area contributed by atoms with Crippen LogP contribution in [0, 0.1) is 0 Å². The fraction of sp³-hybridized carbons (Fsp3) is 0.214. The van der Waals surface area contributed by atoms with Crippen molar-refractivity contribution < 1.29 is 9.53 Å². The summed E-state index contributed by atoms with van der Waals surface area (Å²) >= 11 is 3.30. The van der Waals surface area contributed by atoms with Crippen molar-refractivity contribution in [3.63, 3.8) is 0 Å². The molecule has 0 aliphatic heterocycles. The highest BCUT2D eigenvalue weighted by molar-refractivity contribution is 9.10. The van der Waals surface area contributed by atoms with Gasteiger partial charge in [0, 0.05) is 16.9 Å². The normalized spacial score (nSPS) is 10.4. The zero-order valence-electron chi connectivity index (χ0n) is 11.1. The number of hydrogen-bond donors (Lipinski definition) is 1. The van der Waals surface area contributed by atoms with Gasteiger partial charge in [-0.25, -0.2) is 9.97 Å². The van der Waals surface area contributed by atoms with E-state index < -0.39 is 0 Å². The number of pyridine rings is 2. The molecule has 1 N–H and O–H groups in total. The molecule has 0 radical (unpaired) electrons. The van der Waals surface area contributed by atoms with Crippen LogP contribution in [-0.4, -0.2) is 22.0 Å². The number of hydrogen-bond acceptors (Lipinski definition) is 4. The van der Waals surface area contributed by atoms with Crippen LogP contribution in [0.15, 0.2) is 41.1 Å². The molecule has 0 fully saturated rings. The molecule has 104 valence electrons. The van der Waals surface area contributed by atoms with E-state index in [2.05, 4.69) is 31.2 Å². The summed E-state index contributed by atoms with van der Waals surface area (Å²) in [6.45, 7) is 3.80. The third-order valence-corrected chi connectivity index (χ3v) is 2.98. The number of amides is 1. The third-order valence-electron chi connectivity index (χ3n) is 2.34. The maximum absolute atomic E-state index is 12.2. The van der Waals surface area contributed by atoms with Crippen LogP contribution in [0.2, 0.25) is 0 Å². The second-order valence-electron chi connectivity index (χ2n) is 4.31. The average Bonchev–Trinajstić information content (AvgIpc) is 2.41. The molecule has 0 bridgehead atoms. The van der Waals surface area contributed by atoms with Crippen LogP contribution in [0.5, 0.6) is 5.88 Å². The second-order valence-corrected chi connectivity index (χ2v) is 5.17. The van der Waals surface area contributed by atoms with Crippen molar-refractivity contribution in [2.24, 2.45) is 0 Å². The smallest absolute Gasteiger partial charge is 0.275 e. The molecule has 2 aromatic heterocycles. The zero-order valence-corrected chi connectivity index (χ0v) is 12.7. The number of aromatic nitrogens is 2. The van der Waals surface area contributed by atoms with Gasteiger partial charge in [0.2, 0.25) is 5.88 Å². The number of nitrogens with zero attached hydrogens (tertiary/aromatic N) is 2. The summed E-state index contributed by atoms with van der Waals surface area (Å²) in [6, 6.07) is 6.98. The predicted molar refractivity (Wildman–Crippen MR) is 79.9 cm³/mol. The van der Waals surface area contributed by atoms with Crippen molar-refractivity contribution in [2.45, 2.75) is 20.0 Å². The molecule has 0 atom stereocenters. The van der Waals surface area contributed by atoms with E-state index in [4.69, 9.17) is 4.74 Å². The molecule has 5 nitrogen and oxygen atoms in total. The first-order valence-electron chi connectivity index (χ1n) is 6.11. The zero-order chi connectivity index (χ0) is 14.5. The molecule has 2 aromatic rings. The maximum Gasteiger partial charge on any atom is 0.275 e. The topological polar surface area (TPSA) is 64.1 Å². The Bertz CT molecular complexity index is 617. The average molecular weight is 336 g/mol. The van der Waals surface area contributed by atoms with Crippen molar-refractivity contribution in [1.82, 2.24) is 9.97 Å². The summed E-state index contributed by atoms with van der Waals surface area (Å²) in [7, 11) is 0. The van der Waals surface area contributed by atoms with E-state index in [0.717, 1.165) is 0 Å². The minimum absolute atomic E-state index is 0.0258. The van der Waals surface area contributed by atoms with E-state index >= 15 is 0 Å². The van der Waals surface area contributed by atoms with Gasteiger partial charge in [-0.3, -0.25) is 4.79 Å². The maximum atomic E-state index is 12.2. The molecule has 0 aromatic carbocycles. The third kappa shape index (κ3) is 3.54.